The third-order valence-electron chi connectivity index (χ3n) is 8.69. The van der Waals surface area contributed by atoms with Gasteiger partial charge in [0.25, 0.3) is 59.1 Å². The van der Waals surface area contributed by atoms with Crippen LogP contribution in [0.15, 0.2) is 60.7 Å². The van der Waals surface area contributed by atoms with Crippen LogP contribution in [0, 0.1) is 5.41 Å². The van der Waals surface area contributed by atoms with E-state index < -0.39 is 46.8 Å². The highest BCUT2D eigenvalue weighted by atomic mass is 16.5. The van der Waals surface area contributed by atoms with Crippen molar-refractivity contribution in [2.45, 2.75) is 13.8 Å². The van der Waals surface area contributed by atoms with Gasteiger partial charge in [-0.15, -0.1) is 0 Å². The molecule has 17 heteroatoms. The Kier molecular flexibility index (Phi) is 9.95. The summed E-state index contributed by atoms with van der Waals surface area (Å²) in [7, 11) is 2.64. The molecule has 53 heavy (non-hydrogen) atoms. The second-order valence-electron chi connectivity index (χ2n) is 11.6. The lowest BCUT2D eigenvalue weighted by Crippen LogP contribution is -2.83. The highest BCUT2D eigenvalue weighted by molar-refractivity contribution is 6.52. The molecule has 4 aliphatic heterocycles. The molecule has 4 heterocycles. The minimum Gasteiger partial charge on any atom is -0.429 e. The van der Waals surface area contributed by atoms with Crippen molar-refractivity contribution in [1.29, 1.82) is 0 Å². The average molecular weight is 725 g/mol. The number of esters is 1. The van der Waals surface area contributed by atoms with Gasteiger partial charge in [0.15, 0.2) is 0 Å². The number of carbonyl (C=O) groups excluding carboxylic acids is 11. The molecule has 0 bridgehead atoms. The number of benzene rings is 3. The molecule has 0 unspecified atom stereocenters. The topological polar surface area (TPSA) is 219 Å². The van der Waals surface area contributed by atoms with Crippen LogP contribution in [0.25, 0.3) is 0 Å². The quantitative estimate of drug-likeness (QED) is 0.0835. The lowest BCUT2D eigenvalue weighted by Gasteiger charge is -2.51. The standard InChI is InChI=1S/C17H11NO6.C11H9NO3.C8H8N2O4/c1-18-15(20)13-7-2-10(8-14(13)16(18)21)17(22)24-12-5-3-11(4-6-12)23-9-19;1-2-12-10(14)8-4-3-7(6-13)5-9(8)11(12)15;1-3-10-6(13)8(7(10)14)4(11)9(2)5(8)12/h2-9H,1H3;3-6H,2H2,1H3;3H2,1-2H3. The molecule has 0 radical (unpaired) electrons. The molecule has 3 aromatic rings. The summed E-state index contributed by atoms with van der Waals surface area (Å²) in [6.07, 6.45) is 0.659. The van der Waals surface area contributed by atoms with Gasteiger partial charge in [-0.3, -0.25) is 67.5 Å². The lowest BCUT2D eigenvalue weighted by molar-refractivity contribution is -0.198. The van der Waals surface area contributed by atoms with Gasteiger partial charge in [0.2, 0.25) is 0 Å². The van der Waals surface area contributed by atoms with Gasteiger partial charge in [0.1, 0.15) is 17.8 Å². The molecule has 1 spiro atoms. The first kappa shape index (κ1) is 37.1. The van der Waals surface area contributed by atoms with Crippen molar-refractivity contribution < 1.29 is 62.2 Å². The van der Waals surface area contributed by atoms with Gasteiger partial charge in [0, 0.05) is 32.7 Å². The number of nitrogens with zero attached hydrogens (tertiary/aromatic N) is 4. The normalized spacial score (nSPS) is 16.2. The summed E-state index contributed by atoms with van der Waals surface area (Å²) >= 11 is 0. The molecule has 0 N–H and O–H groups in total. The molecule has 0 aromatic heterocycles. The summed E-state index contributed by atoms with van der Waals surface area (Å²) in [5.41, 5.74) is -0.281. The zero-order chi connectivity index (χ0) is 38.9. The van der Waals surface area contributed by atoms with E-state index in [1.165, 1.54) is 79.7 Å². The first-order chi connectivity index (χ1) is 25.2. The Morgan fingerprint density at radius 1 is 0.604 bits per heavy atom. The van der Waals surface area contributed by atoms with Crippen LogP contribution in [0.1, 0.15) is 76.0 Å². The summed E-state index contributed by atoms with van der Waals surface area (Å²) < 4.78 is 9.83. The van der Waals surface area contributed by atoms with Gasteiger partial charge in [-0.25, -0.2) is 4.79 Å². The van der Waals surface area contributed by atoms with Crippen molar-refractivity contribution in [2.24, 2.45) is 5.41 Å². The largest absolute Gasteiger partial charge is 0.429 e. The number of carbonyl (C=O) groups is 11. The molecule has 4 aliphatic rings. The molecule has 17 nitrogen and oxygen atoms in total. The summed E-state index contributed by atoms with van der Waals surface area (Å²) in [6, 6.07) is 14.6. The van der Waals surface area contributed by atoms with E-state index in [4.69, 9.17) is 4.74 Å². The fraction of sp³-hybridized carbons (Fsp3) is 0.194. The SMILES string of the molecule is CCN1C(=O)C2(C(=O)N(C)C2=O)C1=O.CCN1C(=O)c2ccc(C=O)cc2C1=O.CN1C(=O)c2ccc(C(=O)Oc3ccc(OC=O)cc3)cc2C1=O. The Balaban J connectivity index is 0.000000162. The van der Waals surface area contributed by atoms with Gasteiger partial charge in [-0.2, -0.15) is 0 Å². The van der Waals surface area contributed by atoms with E-state index in [0.29, 0.717) is 41.7 Å². The van der Waals surface area contributed by atoms with Crippen LogP contribution < -0.4 is 9.47 Å². The minimum atomic E-state index is -1.98. The Bertz CT molecular complexity index is 2140. The maximum Gasteiger partial charge on any atom is 0.343 e. The molecule has 0 saturated carbocycles. The molecular weight excluding hydrogens is 696 g/mol. The molecule has 0 aliphatic carbocycles. The monoisotopic (exact) mass is 724 g/mol. The van der Waals surface area contributed by atoms with Crippen LogP contribution in [0.2, 0.25) is 0 Å². The number of aldehydes is 1. The summed E-state index contributed by atoms with van der Waals surface area (Å²) in [4.78, 5) is 129. The number of hydrogen-bond donors (Lipinski definition) is 0. The van der Waals surface area contributed by atoms with Crippen LogP contribution in [0.3, 0.4) is 0 Å². The van der Waals surface area contributed by atoms with Gasteiger partial charge < -0.3 is 9.47 Å². The number of rotatable bonds is 7. The van der Waals surface area contributed by atoms with Crippen molar-refractivity contribution in [3.8, 4) is 11.5 Å². The lowest BCUT2D eigenvalue weighted by atomic mass is 9.69. The van der Waals surface area contributed by atoms with E-state index >= 15 is 0 Å². The van der Waals surface area contributed by atoms with Crippen LogP contribution in [0.4, 0.5) is 0 Å². The molecular formula is C36H28N4O13. The summed E-state index contributed by atoms with van der Waals surface area (Å²) in [5, 5.41) is 0. The van der Waals surface area contributed by atoms with Gasteiger partial charge >= 0.3 is 5.97 Å². The number of ether oxygens (including phenoxy) is 2. The zero-order valence-corrected chi connectivity index (χ0v) is 28.4. The Hall–Kier alpha value is -7.17. The van der Waals surface area contributed by atoms with Crippen LogP contribution in [0.5, 0.6) is 11.5 Å². The van der Waals surface area contributed by atoms with Crippen molar-refractivity contribution >= 4 is 66.0 Å². The van der Waals surface area contributed by atoms with Gasteiger partial charge in [-0.05, 0) is 68.4 Å². The van der Waals surface area contributed by atoms with Crippen molar-refractivity contribution in [2.75, 3.05) is 27.2 Å². The van der Waals surface area contributed by atoms with Crippen molar-refractivity contribution in [1.82, 2.24) is 19.6 Å². The number of fused-ring (bicyclic) bond motifs is 2. The fourth-order valence-electron chi connectivity index (χ4n) is 5.79. The molecule has 270 valence electrons. The average Bonchev–Trinajstić information content (AvgIpc) is 3.54. The van der Waals surface area contributed by atoms with E-state index in [1.54, 1.807) is 13.8 Å². The van der Waals surface area contributed by atoms with E-state index in [0.717, 1.165) is 14.7 Å². The summed E-state index contributed by atoms with van der Waals surface area (Å²) in [6.45, 7) is 4.19. The molecule has 8 amide bonds. The summed E-state index contributed by atoms with van der Waals surface area (Å²) in [5.74, 6) is -4.35. The molecule has 2 saturated heterocycles. The second kappa shape index (κ2) is 14.2. The van der Waals surface area contributed by atoms with Crippen molar-refractivity contribution in [3.05, 3.63) is 94.0 Å². The van der Waals surface area contributed by atoms with E-state index in [9.17, 15) is 52.7 Å². The number of amides is 8. The maximum atomic E-state index is 12.2. The van der Waals surface area contributed by atoms with E-state index in [-0.39, 0.29) is 40.8 Å². The fourth-order valence-corrected chi connectivity index (χ4v) is 5.79. The molecule has 0 atom stereocenters. The third kappa shape index (κ3) is 5.92. The zero-order valence-electron chi connectivity index (χ0n) is 28.4. The molecule has 7 rings (SSSR count). The Morgan fingerprint density at radius 2 is 1.11 bits per heavy atom. The molecule has 2 fully saturated rings. The number of likely N-dealkylation sites (tertiary alicyclic amines) is 2. The number of imide groups is 4. The molecule has 3 aromatic carbocycles. The van der Waals surface area contributed by atoms with Gasteiger partial charge in [-0.1, -0.05) is 6.07 Å². The maximum absolute atomic E-state index is 12.2. The minimum absolute atomic E-state index is 0.151. The second-order valence-corrected chi connectivity index (χ2v) is 11.6. The first-order valence-corrected chi connectivity index (χ1v) is 15.7. The number of β-lactam (4-membered cyclic amide) rings is 4. The van der Waals surface area contributed by atoms with Crippen LogP contribution in [-0.4, -0.2) is 113 Å². The Labute approximate surface area is 299 Å². The smallest absolute Gasteiger partial charge is 0.343 e. The highest BCUT2D eigenvalue weighted by Gasteiger charge is 2.79. The first-order valence-electron chi connectivity index (χ1n) is 15.7. The predicted molar refractivity (Wildman–Crippen MR) is 176 cm³/mol. The van der Waals surface area contributed by atoms with Crippen LogP contribution >= 0.6 is 0 Å². The van der Waals surface area contributed by atoms with E-state index in [1.807, 2.05) is 0 Å². The predicted octanol–water partition coefficient (Wildman–Crippen LogP) is 1.14. The van der Waals surface area contributed by atoms with E-state index in [2.05, 4.69) is 4.74 Å². The highest BCUT2D eigenvalue weighted by Crippen LogP contribution is 2.43. The van der Waals surface area contributed by atoms with Crippen molar-refractivity contribution in [3.63, 3.8) is 0 Å². The number of hydrogen-bond acceptors (Lipinski definition) is 13. The van der Waals surface area contributed by atoms with Gasteiger partial charge in [0.05, 0.1) is 27.8 Å². The van der Waals surface area contributed by atoms with Crippen LogP contribution in [-0.2, 0) is 24.0 Å². The Morgan fingerprint density at radius 3 is 1.68 bits per heavy atom. The third-order valence-corrected chi connectivity index (χ3v) is 8.69.